The van der Waals surface area contributed by atoms with E-state index in [1.807, 2.05) is 71.2 Å². The number of para-hydroxylation sites is 1. The molecule has 0 atom stereocenters. The molecule has 0 saturated heterocycles. The predicted molar refractivity (Wildman–Crippen MR) is 96.8 cm³/mol. The van der Waals surface area contributed by atoms with E-state index in [1.165, 1.54) is 0 Å². The van der Waals surface area contributed by atoms with E-state index < -0.39 is 0 Å². The first kappa shape index (κ1) is 13.8. The first-order chi connectivity index (χ1) is 12.4. The molecule has 2 aromatic carbocycles. The Labute approximate surface area is 143 Å². The first-order valence-electron chi connectivity index (χ1n) is 8.02. The lowest BCUT2D eigenvalue weighted by atomic mass is 10.1. The van der Waals surface area contributed by atoms with Crippen molar-refractivity contribution in [1.29, 1.82) is 0 Å². The summed E-state index contributed by atoms with van der Waals surface area (Å²) in [4.78, 5) is 7.45. The van der Waals surface area contributed by atoms with Gasteiger partial charge in [-0.25, -0.2) is 4.52 Å². The van der Waals surface area contributed by atoms with E-state index in [-0.39, 0.29) is 0 Å². The highest BCUT2D eigenvalue weighted by atomic mass is 16.5. The van der Waals surface area contributed by atoms with Gasteiger partial charge in [-0.05, 0) is 42.5 Å². The quantitative estimate of drug-likeness (QED) is 0.524. The van der Waals surface area contributed by atoms with E-state index >= 15 is 0 Å². The van der Waals surface area contributed by atoms with Crippen molar-refractivity contribution in [2.75, 3.05) is 0 Å². The molecular formula is C20H14N4O. The summed E-state index contributed by atoms with van der Waals surface area (Å²) in [6, 6.07) is 21.7. The second-order valence-electron chi connectivity index (χ2n) is 5.78. The number of fused-ring (bicyclic) bond motifs is 3. The van der Waals surface area contributed by atoms with E-state index in [9.17, 15) is 0 Å². The second-order valence-corrected chi connectivity index (χ2v) is 5.78. The highest BCUT2D eigenvalue weighted by molar-refractivity contribution is 5.80. The van der Waals surface area contributed by atoms with Crippen molar-refractivity contribution in [1.82, 2.24) is 19.6 Å². The van der Waals surface area contributed by atoms with E-state index in [0.29, 0.717) is 0 Å². The third-order valence-corrected chi connectivity index (χ3v) is 4.13. The van der Waals surface area contributed by atoms with Crippen LogP contribution in [0.3, 0.4) is 0 Å². The number of nitrogens with zero attached hydrogens (tertiary/aromatic N) is 3. The zero-order valence-corrected chi connectivity index (χ0v) is 13.3. The van der Waals surface area contributed by atoms with Gasteiger partial charge in [0.05, 0.1) is 22.9 Å². The minimum Gasteiger partial charge on any atom is -0.457 e. The molecule has 0 unspecified atom stereocenters. The molecule has 0 radical (unpaired) electrons. The average Bonchev–Trinajstić information content (AvgIpc) is 3.21. The molecule has 3 aromatic heterocycles. The van der Waals surface area contributed by atoms with Crippen molar-refractivity contribution in [3.63, 3.8) is 0 Å². The molecule has 120 valence electrons. The van der Waals surface area contributed by atoms with Crippen LogP contribution in [0.4, 0.5) is 0 Å². The van der Waals surface area contributed by atoms with Crippen molar-refractivity contribution >= 4 is 16.7 Å². The van der Waals surface area contributed by atoms with E-state index in [4.69, 9.17) is 9.84 Å². The molecule has 0 amide bonds. The van der Waals surface area contributed by atoms with Gasteiger partial charge in [-0.1, -0.05) is 18.2 Å². The molecule has 0 bridgehead atoms. The SMILES string of the molecule is c1ccc(Oc2ccc(-c3cc4[nH]c5cnccc5n4n3)cc2)cc1. The summed E-state index contributed by atoms with van der Waals surface area (Å²) in [6.45, 7) is 0. The molecule has 0 aliphatic carbocycles. The zero-order chi connectivity index (χ0) is 16.6. The average molecular weight is 326 g/mol. The molecule has 0 spiro atoms. The number of H-pyrrole nitrogens is 1. The Morgan fingerprint density at radius 1 is 0.880 bits per heavy atom. The first-order valence-corrected chi connectivity index (χ1v) is 8.02. The van der Waals surface area contributed by atoms with Crippen molar-refractivity contribution in [2.24, 2.45) is 0 Å². The molecule has 5 aromatic rings. The van der Waals surface area contributed by atoms with Crippen molar-refractivity contribution in [3.05, 3.63) is 79.1 Å². The molecule has 5 rings (SSSR count). The largest absolute Gasteiger partial charge is 0.457 e. The smallest absolute Gasteiger partial charge is 0.135 e. The van der Waals surface area contributed by atoms with Crippen LogP contribution in [0.2, 0.25) is 0 Å². The monoisotopic (exact) mass is 326 g/mol. The third-order valence-electron chi connectivity index (χ3n) is 4.13. The maximum atomic E-state index is 5.83. The van der Waals surface area contributed by atoms with Gasteiger partial charge < -0.3 is 9.72 Å². The molecule has 0 fully saturated rings. The Kier molecular flexibility index (Phi) is 3.03. The molecule has 3 heterocycles. The topological polar surface area (TPSA) is 55.2 Å². The van der Waals surface area contributed by atoms with Crippen LogP contribution in [-0.4, -0.2) is 19.6 Å². The van der Waals surface area contributed by atoms with Crippen LogP contribution in [0.1, 0.15) is 0 Å². The van der Waals surface area contributed by atoms with E-state index in [2.05, 4.69) is 9.97 Å². The Morgan fingerprint density at radius 3 is 2.52 bits per heavy atom. The van der Waals surface area contributed by atoms with Crippen LogP contribution in [0.15, 0.2) is 79.1 Å². The fourth-order valence-corrected chi connectivity index (χ4v) is 2.92. The minimum absolute atomic E-state index is 0.802. The van der Waals surface area contributed by atoms with Crippen LogP contribution < -0.4 is 4.74 Å². The van der Waals surface area contributed by atoms with E-state index in [1.54, 1.807) is 12.4 Å². The lowest BCUT2D eigenvalue weighted by Crippen LogP contribution is -1.86. The lowest BCUT2D eigenvalue weighted by molar-refractivity contribution is 0.483. The van der Waals surface area contributed by atoms with Gasteiger partial charge in [-0.3, -0.25) is 4.98 Å². The van der Waals surface area contributed by atoms with Crippen LogP contribution in [0.5, 0.6) is 11.5 Å². The molecule has 0 saturated carbocycles. The fraction of sp³-hybridized carbons (Fsp3) is 0. The van der Waals surface area contributed by atoms with Gasteiger partial charge in [0.25, 0.3) is 0 Å². The maximum absolute atomic E-state index is 5.83. The van der Waals surface area contributed by atoms with Crippen LogP contribution in [0, 0.1) is 0 Å². The maximum Gasteiger partial charge on any atom is 0.135 e. The Morgan fingerprint density at radius 2 is 1.68 bits per heavy atom. The molecule has 5 heteroatoms. The predicted octanol–water partition coefficient (Wildman–Crippen LogP) is 4.67. The molecule has 0 aliphatic rings. The van der Waals surface area contributed by atoms with Gasteiger partial charge in [0.2, 0.25) is 0 Å². The number of aromatic nitrogens is 4. The molecule has 25 heavy (non-hydrogen) atoms. The van der Waals surface area contributed by atoms with Gasteiger partial charge in [-0.2, -0.15) is 5.10 Å². The highest BCUT2D eigenvalue weighted by Gasteiger charge is 2.09. The number of rotatable bonds is 3. The third kappa shape index (κ3) is 2.42. The van der Waals surface area contributed by atoms with Crippen molar-refractivity contribution in [3.8, 4) is 22.8 Å². The van der Waals surface area contributed by atoms with E-state index in [0.717, 1.165) is 39.4 Å². The Hall–Kier alpha value is -3.60. The number of benzene rings is 2. The molecular weight excluding hydrogens is 312 g/mol. The molecule has 5 nitrogen and oxygen atoms in total. The number of ether oxygens (including phenoxy) is 1. The standard InChI is InChI=1S/C20H14N4O/c1-2-4-15(5-3-1)25-16-8-6-14(7-9-16)17-12-20-22-18-13-21-11-10-19(18)24(20)23-17/h1-13,22H. The number of pyridine rings is 1. The normalized spacial score (nSPS) is 11.2. The molecule has 1 N–H and O–H groups in total. The minimum atomic E-state index is 0.802. The van der Waals surface area contributed by atoms with Gasteiger partial charge in [0.1, 0.15) is 17.1 Å². The fourth-order valence-electron chi connectivity index (χ4n) is 2.92. The van der Waals surface area contributed by atoms with Crippen LogP contribution in [-0.2, 0) is 0 Å². The van der Waals surface area contributed by atoms with Gasteiger partial charge in [-0.15, -0.1) is 0 Å². The summed E-state index contributed by atoms with van der Waals surface area (Å²) in [5, 5.41) is 4.70. The van der Waals surface area contributed by atoms with Crippen LogP contribution in [0.25, 0.3) is 27.9 Å². The number of hydrogen-bond acceptors (Lipinski definition) is 3. The lowest BCUT2D eigenvalue weighted by Gasteiger charge is -2.05. The number of nitrogens with one attached hydrogen (secondary N) is 1. The van der Waals surface area contributed by atoms with Gasteiger partial charge >= 0.3 is 0 Å². The second kappa shape index (κ2) is 5.49. The number of imidazole rings is 1. The summed E-state index contributed by atoms with van der Waals surface area (Å²) >= 11 is 0. The zero-order valence-electron chi connectivity index (χ0n) is 13.3. The van der Waals surface area contributed by atoms with Gasteiger partial charge in [0.15, 0.2) is 0 Å². The summed E-state index contributed by atoms with van der Waals surface area (Å²) in [6.07, 6.45) is 3.58. The summed E-state index contributed by atoms with van der Waals surface area (Å²) < 4.78 is 7.74. The number of hydrogen-bond donors (Lipinski definition) is 1. The molecule has 0 aliphatic heterocycles. The highest BCUT2D eigenvalue weighted by Crippen LogP contribution is 2.26. The summed E-state index contributed by atoms with van der Waals surface area (Å²) in [5.41, 5.74) is 4.89. The summed E-state index contributed by atoms with van der Waals surface area (Å²) in [5.74, 6) is 1.63. The Balaban J connectivity index is 1.47. The van der Waals surface area contributed by atoms with Crippen LogP contribution >= 0.6 is 0 Å². The van der Waals surface area contributed by atoms with Crippen molar-refractivity contribution < 1.29 is 4.74 Å². The Bertz CT molecular complexity index is 1160. The van der Waals surface area contributed by atoms with Crippen molar-refractivity contribution in [2.45, 2.75) is 0 Å². The number of aromatic amines is 1. The van der Waals surface area contributed by atoms with Gasteiger partial charge in [0, 0.05) is 17.8 Å². The summed E-state index contributed by atoms with van der Waals surface area (Å²) in [7, 11) is 0.